The van der Waals surface area contributed by atoms with Crippen LogP contribution in [-0.2, 0) is 6.42 Å². The van der Waals surface area contributed by atoms with Gasteiger partial charge in [0.25, 0.3) is 0 Å². The van der Waals surface area contributed by atoms with Crippen LogP contribution in [0.3, 0.4) is 0 Å². The number of aryl methyl sites for hydroxylation is 1. The topological polar surface area (TPSA) is 30.0 Å². The lowest BCUT2D eigenvalue weighted by Gasteiger charge is -2.06. The third-order valence-electron chi connectivity index (χ3n) is 3.11. The summed E-state index contributed by atoms with van der Waals surface area (Å²) in [5.41, 5.74) is 2.51. The largest absolute Gasteiger partial charge is 0.294 e. The molecule has 1 aromatic carbocycles. The predicted octanol–water partition coefficient (Wildman–Crippen LogP) is 4.79. The zero-order chi connectivity index (χ0) is 14.1. The molecule has 0 N–H and O–H groups in total. The first-order valence-electron chi connectivity index (χ1n) is 6.27. The first-order chi connectivity index (χ1) is 9.63. The number of aromatic nitrogens is 1. The van der Waals surface area contributed by atoms with Crippen LogP contribution in [0.1, 0.15) is 20.9 Å². The van der Waals surface area contributed by atoms with Gasteiger partial charge in [-0.25, -0.2) is 0 Å². The van der Waals surface area contributed by atoms with Gasteiger partial charge in [-0.1, -0.05) is 18.2 Å². The summed E-state index contributed by atoms with van der Waals surface area (Å²) in [6.45, 7) is 1.92. The van der Waals surface area contributed by atoms with E-state index in [0.717, 1.165) is 30.8 Å². The summed E-state index contributed by atoms with van der Waals surface area (Å²) in [6, 6.07) is 13.6. The molecule has 0 aliphatic rings. The van der Waals surface area contributed by atoms with E-state index < -0.39 is 0 Å². The minimum atomic E-state index is 0.140. The van der Waals surface area contributed by atoms with Crippen molar-refractivity contribution in [1.29, 1.82) is 0 Å². The second kappa shape index (κ2) is 5.46. The molecule has 100 valence electrons. The minimum Gasteiger partial charge on any atom is -0.294 e. The number of fused-ring (bicyclic) bond motifs is 1. The number of rotatable bonds is 3. The Hall–Kier alpha value is -1.52. The number of hydrogen-bond acceptors (Lipinski definition) is 3. The van der Waals surface area contributed by atoms with Crippen molar-refractivity contribution in [3.63, 3.8) is 0 Å². The summed E-state index contributed by atoms with van der Waals surface area (Å²) in [4.78, 5) is 18.1. The molecule has 2 nitrogen and oxygen atoms in total. The third kappa shape index (κ3) is 2.67. The van der Waals surface area contributed by atoms with E-state index in [0.29, 0.717) is 6.42 Å². The second-order valence-electron chi connectivity index (χ2n) is 4.63. The molecule has 0 unspecified atom stereocenters. The molecule has 0 radical (unpaired) electrons. The van der Waals surface area contributed by atoms with Gasteiger partial charge in [0.15, 0.2) is 5.78 Å². The maximum Gasteiger partial charge on any atom is 0.168 e. The molecule has 3 rings (SSSR count). The Morgan fingerprint density at radius 1 is 1.25 bits per heavy atom. The minimum absolute atomic E-state index is 0.140. The molecule has 3 aromatic rings. The fourth-order valence-corrected chi connectivity index (χ4v) is 3.72. The number of Topliss-reactive ketones (excluding diaryl/α,β-unsaturated/α-hetero) is 1. The van der Waals surface area contributed by atoms with Gasteiger partial charge in [-0.3, -0.25) is 9.78 Å². The van der Waals surface area contributed by atoms with Gasteiger partial charge in [0.1, 0.15) is 0 Å². The van der Waals surface area contributed by atoms with Crippen LogP contribution in [0.5, 0.6) is 0 Å². The molecule has 0 bridgehead atoms. The van der Waals surface area contributed by atoms with E-state index in [2.05, 4.69) is 20.9 Å². The molecule has 0 aliphatic carbocycles. The van der Waals surface area contributed by atoms with Gasteiger partial charge >= 0.3 is 0 Å². The average molecular weight is 346 g/mol. The Bertz CT molecular complexity index is 794. The summed E-state index contributed by atoms with van der Waals surface area (Å²) in [5, 5.41) is 0.929. The molecule has 20 heavy (non-hydrogen) atoms. The Morgan fingerprint density at radius 3 is 2.80 bits per heavy atom. The summed E-state index contributed by atoms with van der Waals surface area (Å²) in [5.74, 6) is 0.140. The van der Waals surface area contributed by atoms with Crippen LogP contribution in [0.2, 0.25) is 0 Å². The number of benzene rings is 1. The monoisotopic (exact) mass is 345 g/mol. The van der Waals surface area contributed by atoms with Crippen LogP contribution in [0, 0.1) is 6.92 Å². The predicted molar refractivity (Wildman–Crippen MR) is 86.5 cm³/mol. The number of carbonyl (C=O) groups excluding carboxylic acids is 1. The normalized spacial score (nSPS) is 10.9. The van der Waals surface area contributed by atoms with E-state index in [1.807, 2.05) is 49.4 Å². The molecule has 2 heterocycles. The summed E-state index contributed by atoms with van der Waals surface area (Å²) < 4.78 is 1.05. The van der Waals surface area contributed by atoms with Gasteiger partial charge in [-0.15, -0.1) is 11.3 Å². The SMILES string of the molecule is Cc1cc(C(=O)Cc2ccc(Br)s2)c2ccccc2n1. The number of carbonyl (C=O) groups is 1. The van der Waals surface area contributed by atoms with Crippen LogP contribution in [-0.4, -0.2) is 10.8 Å². The molecular weight excluding hydrogens is 334 g/mol. The number of nitrogens with zero attached hydrogens (tertiary/aromatic N) is 1. The van der Waals surface area contributed by atoms with Crippen LogP contribution >= 0.6 is 27.3 Å². The van der Waals surface area contributed by atoms with Gasteiger partial charge in [-0.2, -0.15) is 0 Å². The highest BCUT2D eigenvalue weighted by Gasteiger charge is 2.13. The van der Waals surface area contributed by atoms with Crippen molar-refractivity contribution < 1.29 is 4.79 Å². The van der Waals surface area contributed by atoms with Gasteiger partial charge in [0.2, 0.25) is 0 Å². The van der Waals surface area contributed by atoms with Crippen LogP contribution < -0.4 is 0 Å². The molecule has 2 aromatic heterocycles. The first kappa shape index (κ1) is 13.5. The number of ketones is 1. The van der Waals surface area contributed by atoms with E-state index >= 15 is 0 Å². The van der Waals surface area contributed by atoms with Crippen molar-refractivity contribution in [3.05, 3.63) is 62.4 Å². The van der Waals surface area contributed by atoms with E-state index in [9.17, 15) is 4.79 Å². The molecule has 0 spiro atoms. The zero-order valence-corrected chi connectivity index (χ0v) is 13.3. The van der Waals surface area contributed by atoms with E-state index in [1.165, 1.54) is 0 Å². The highest BCUT2D eigenvalue weighted by molar-refractivity contribution is 9.11. The van der Waals surface area contributed by atoms with Gasteiger partial charge in [-0.05, 0) is 47.1 Å². The lowest BCUT2D eigenvalue weighted by atomic mass is 10.0. The fraction of sp³-hybridized carbons (Fsp3) is 0.125. The molecule has 0 amide bonds. The van der Waals surface area contributed by atoms with E-state index in [4.69, 9.17) is 0 Å². The van der Waals surface area contributed by atoms with E-state index in [1.54, 1.807) is 11.3 Å². The molecule has 0 atom stereocenters. The fourth-order valence-electron chi connectivity index (χ4n) is 2.24. The van der Waals surface area contributed by atoms with Crippen molar-refractivity contribution in [2.75, 3.05) is 0 Å². The lowest BCUT2D eigenvalue weighted by molar-refractivity contribution is 0.0995. The van der Waals surface area contributed by atoms with Crippen LogP contribution in [0.25, 0.3) is 10.9 Å². The van der Waals surface area contributed by atoms with Crippen molar-refractivity contribution in [2.45, 2.75) is 13.3 Å². The quantitative estimate of drug-likeness (QED) is 0.638. The number of pyridine rings is 1. The average Bonchev–Trinajstić information content (AvgIpc) is 2.83. The summed E-state index contributed by atoms with van der Waals surface area (Å²) >= 11 is 5.03. The lowest BCUT2D eigenvalue weighted by Crippen LogP contribution is -2.04. The van der Waals surface area contributed by atoms with E-state index in [-0.39, 0.29) is 5.78 Å². The Balaban J connectivity index is 2.02. The summed E-state index contributed by atoms with van der Waals surface area (Å²) in [6.07, 6.45) is 0.434. The Kier molecular flexibility index (Phi) is 3.68. The third-order valence-corrected chi connectivity index (χ3v) is 4.73. The highest BCUT2D eigenvalue weighted by Crippen LogP contribution is 2.25. The zero-order valence-electron chi connectivity index (χ0n) is 10.9. The van der Waals surface area contributed by atoms with Crippen molar-refractivity contribution in [2.24, 2.45) is 0 Å². The smallest absolute Gasteiger partial charge is 0.168 e. The van der Waals surface area contributed by atoms with Crippen molar-refractivity contribution >= 4 is 44.0 Å². The molecule has 4 heteroatoms. The highest BCUT2D eigenvalue weighted by atomic mass is 79.9. The van der Waals surface area contributed by atoms with Crippen LogP contribution in [0.4, 0.5) is 0 Å². The Labute approximate surface area is 129 Å². The molecular formula is C16H12BrNOS. The van der Waals surface area contributed by atoms with Gasteiger partial charge in [0.05, 0.1) is 9.30 Å². The molecule has 0 aliphatic heterocycles. The number of hydrogen-bond donors (Lipinski definition) is 0. The molecule has 0 saturated heterocycles. The van der Waals surface area contributed by atoms with Gasteiger partial charge < -0.3 is 0 Å². The first-order valence-corrected chi connectivity index (χ1v) is 7.88. The maximum atomic E-state index is 12.6. The second-order valence-corrected chi connectivity index (χ2v) is 7.18. The maximum absolute atomic E-state index is 12.6. The number of thiophene rings is 1. The number of para-hydroxylation sites is 1. The molecule has 0 saturated carbocycles. The standard InChI is InChI=1S/C16H12BrNOS/c1-10-8-13(12-4-2-3-5-14(12)18-10)15(19)9-11-6-7-16(17)20-11/h2-8H,9H2,1H3. The van der Waals surface area contributed by atoms with Crippen LogP contribution in [0.15, 0.2) is 46.3 Å². The molecule has 0 fully saturated rings. The number of halogens is 1. The Morgan fingerprint density at radius 2 is 2.05 bits per heavy atom. The van der Waals surface area contributed by atoms with Crippen molar-refractivity contribution in [3.8, 4) is 0 Å². The van der Waals surface area contributed by atoms with Gasteiger partial charge in [0, 0.05) is 27.9 Å². The van der Waals surface area contributed by atoms with Crippen molar-refractivity contribution in [1.82, 2.24) is 4.98 Å². The summed E-state index contributed by atoms with van der Waals surface area (Å²) in [7, 11) is 0.